The lowest BCUT2D eigenvalue weighted by Gasteiger charge is -2.13. The molecule has 9 heteroatoms. The van der Waals surface area contributed by atoms with Crippen LogP contribution < -0.4 is 20.7 Å². The zero-order valence-corrected chi connectivity index (χ0v) is 19.3. The van der Waals surface area contributed by atoms with Crippen LogP contribution in [0.2, 0.25) is 0 Å². The van der Waals surface area contributed by atoms with Crippen molar-refractivity contribution in [2.24, 2.45) is 0 Å². The molecule has 32 heavy (non-hydrogen) atoms. The van der Waals surface area contributed by atoms with E-state index >= 15 is 0 Å². The van der Waals surface area contributed by atoms with E-state index in [0.717, 1.165) is 41.7 Å². The number of thiophene rings is 1. The van der Waals surface area contributed by atoms with Crippen LogP contribution in [0.25, 0.3) is 10.2 Å². The molecule has 1 aliphatic carbocycles. The van der Waals surface area contributed by atoms with Crippen molar-refractivity contribution in [2.45, 2.75) is 45.2 Å². The molecule has 0 fully saturated rings. The second-order valence-electron chi connectivity index (χ2n) is 7.73. The van der Waals surface area contributed by atoms with Crippen LogP contribution in [0.3, 0.4) is 0 Å². The Bertz CT molecular complexity index is 1290. The summed E-state index contributed by atoms with van der Waals surface area (Å²) >= 11 is 1.45. The van der Waals surface area contributed by atoms with Crippen molar-refractivity contribution in [2.75, 3.05) is 21.3 Å². The van der Waals surface area contributed by atoms with Crippen LogP contribution >= 0.6 is 11.3 Å². The number of carbonyl (C=O) groups is 1. The lowest BCUT2D eigenvalue weighted by Crippen LogP contribution is -2.41. The number of fused-ring (bicyclic) bond motifs is 3. The minimum Gasteiger partial charge on any atom is -0.493 e. The van der Waals surface area contributed by atoms with Crippen LogP contribution in [0.5, 0.6) is 11.5 Å². The summed E-state index contributed by atoms with van der Waals surface area (Å²) in [5.41, 5.74) is 1.15. The maximum Gasteiger partial charge on any atom is 0.332 e. The maximum atomic E-state index is 13.4. The lowest BCUT2D eigenvalue weighted by atomic mass is 9.97. The summed E-state index contributed by atoms with van der Waals surface area (Å²) in [7, 11) is 4.42. The van der Waals surface area contributed by atoms with Gasteiger partial charge in [-0.05, 0) is 55.4 Å². The molecular formula is C23H26N2O6S. The highest BCUT2D eigenvalue weighted by Crippen LogP contribution is 2.34. The molecule has 0 aliphatic heterocycles. The number of methoxy groups -OCH3 is 3. The maximum absolute atomic E-state index is 13.4. The molecule has 0 saturated carbocycles. The molecule has 0 N–H and O–H groups in total. The van der Waals surface area contributed by atoms with Gasteiger partial charge in [-0.2, -0.15) is 0 Å². The third-order valence-electron chi connectivity index (χ3n) is 5.91. The number of esters is 1. The van der Waals surface area contributed by atoms with Crippen LogP contribution in [0.4, 0.5) is 0 Å². The topological polar surface area (TPSA) is 88.8 Å². The molecule has 8 nitrogen and oxygen atoms in total. The molecule has 0 unspecified atom stereocenters. The van der Waals surface area contributed by atoms with Gasteiger partial charge >= 0.3 is 11.7 Å². The predicted molar refractivity (Wildman–Crippen MR) is 122 cm³/mol. The van der Waals surface area contributed by atoms with E-state index in [1.165, 1.54) is 27.6 Å². The molecule has 0 spiro atoms. The van der Waals surface area contributed by atoms with Gasteiger partial charge in [0.05, 0.1) is 26.7 Å². The molecule has 0 amide bonds. The van der Waals surface area contributed by atoms with Gasteiger partial charge in [0.2, 0.25) is 0 Å². The van der Waals surface area contributed by atoms with Crippen molar-refractivity contribution in [3.8, 4) is 11.5 Å². The second-order valence-corrected chi connectivity index (χ2v) is 8.82. The van der Waals surface area contributed by atoms with E-state index < -0.39 is 11.7 Å². The largest absolute Gasteiger partial charge is 0.493 e. The summed E-state index contributed by atoms with van der Waals surface area (Å²) in [6.07, 6.45) is 4.24. The van der Waals surface area contributed by atoms with Crippen LogP contribution in [0.15, 0.2) is 27.8 Å². The highest BCUT2D eigenvalue weighted by Gasteiger charge is 2.24. The lowest BCUT2D eigenvalue weighted by molar-refractivity contribution is -0.141. The second kappa shape index (κ2) is 9.20. The molecule has 2 heterocycles. The third-order valence-corrected chi connectivity index (χ3v) is 7.22. The first kappa shape index (κ1) is 22.1. The molecule has 170 valence electrons. The van der Waals surface area contributed by atoms with E-state index in [1.807, 2.05) is 12.1 Å². The van der Waals surface area contributed by atoms with Crippen molar-refractivity contribution >= 4 is 27.5 Å². The normalized spacial score (nSPS) is 13.1. The smallest absolute Gasteiger partial charge is 0.332 e. The van der Waals surface area contributed by atoms with Crippen molar-refractivity contribution in [1.29, 1.82) is 0 Å². The number of ether oxygens (including phenoxy) is 3. The summed E-state index contributed by atoms with van der Waals surface area (Å²) in [4.78, 5) is 40.5. The summed E-state index contributed by atoms with van der Waals surface area (Å²) < 4.78 is 18.1. The Labute approximate surface area is 189 Å². The number of hydrogen-bond donors (Lipinski definition) is 0. The molecule has 0 saturated heterocycles. The zero-order chi connectivity index (χ0) is 22.8. The molecule has 4 rings (SSSR count). The summed E-state index contributed by atoms with van der Waals surface area (Å²) in [6, 6.07) is 5.51. The fourth-order valence-electron chi connectivity index (χ4n) is 4.22. The van der Waals surface area contributed by atoms with Gasteiger partial charge in [0.15, 0.2) is 11.5 Å². The molecule has 0 atom stereocenters. The molecule has 2 aromatic heterocycles. The Morgan fingerprint density at radius 1 is 1.03 bits per heavy atom. The van der Waals surface area contributed by atoms with Gasteiger partial charge in [-0.25, -0.2) is 4.79 Å². The first-order valence-electron chi connectivity index (χ1n) is 10.5. The van der Waals surface area contributed by atoms with Crippen LogP contribution in [-0.2, 0) is 41.9 Å². The van der Waals surface area contributed by atoms with Gasteiger partial charge in [-0.3, -0.25) is 18.7 Å². The minimum atomic E-state index is -0.523. The van der Waals surface area contributed by atoms with Crippen molar-refractivity contribution in [3.05, 3.63) is 55.0 Å². The van der Waals surface area contributed by atoms with Crippen molar-refractivity contribution < 1.29 is 19.0 Å². The zero-order valence-electron chi connectivity index (χ0n) is 18.4. The number of aryl methyl sites for hydroxylation is 3. The van der Waals surface area contributed by atoms with Gasteiger partial charge in [-0.1, -0.05) is 6.07 Å². The van der Waals surface area contributed by atoms with Gasteiger partial charge in [0.1, 0.15) is 11.4 Å². The Morgan fingerprint density at radius 2 is 1.78 bits per heavy atom. The van der Waals surface area contributed by atoms with E-state index in [-0.39, 0.29) is 18.6 Å². The molecule has 1 aromatic carbocycles. The Morgan fingerprint density at radius 3 is 2.50 bits per heavy atom. The average Bonchev–Trinajstić information content (AvgIpc) is 3.21. The van der Waals surface area contributed by atoms with E-state index in [1.54, 1.807) is 20.3 Å². The molecular weight excluding hydrogens is 432 g/mol. The summed E-state index contributed by atoms with van der Waals surface area (Å²) in [5, 5.41) is 0.570. The van der Waals surface area contributed by atoms with E-state index in [4.69, 9.17) is 14.2 Å². The molecule has 0 radical (unpaired) electrons. The van der Waals surface area contributed by atoms with Crippen LogP contribution in [0, 0.1) is 0 Å². The van der Waals surface area contributed by atoms with Crippen LogP contribution in [-0.4, -0.2) is 36.4 Å². The Balaban J connectivity index is 1.79. The van der Waals surface area contributed by atoms with E-state index in [9.17, 15) is 14.4 Å². The third kappa shape index (κ3) is 3.92. The predicted octanol–water partition coefficient (Wildman–Crippen LogP) is 2.54. The molecule has 0 bridgehead atoms. The Hall–Kier alpha value is -3.07. The number of benzene rings is 1. The highest BCUT2D eigenvalue weighted by atomic mass is 32.1. The quantitative estimate of drug-likeness (QED) is 0.506. The number of aromatic nitrogens is 2. The monoisotopic (exact) mass is 458 g/mol. The number of carbonyl (C=O) groups excluding carboxylic acids is 1. The van der Waals surface area contributed by atoms with Gasteiger partial charge in [0, 0.05) is 11.4 Å². The van der Waals surface area contributed by atoms with Gasteiger partial charge in [-0.15, -0.1) is 11.3 Å². The number of hydrogen-bond acceptors (Lipinski definition) is 7. The standard InChI is InChI=1S/C23H26N2O6S/c1-29-16-9-8-14(12-17(16)30-2)10-11-24-21(27)20-15-6-4-5-7-18(15)32-22(20)25(23(24)28)13-19(26)31-3/h8-9,12H,4-7,10-11,13H2,1-3H3. The fourth-order valence-corrected chi connectivity index (χ4v) is 5.60. The van der Waals surface area contributed by atoms with Crippen LogP contribution in [0.1, 0.15) is 28.8 Å². The molecule has 1 aliphatic rings. The van der Waals surface area contributed by atoms with E-state index in [2.05, 4.69) is 0 Å². The van der Waals surface area contributed by atoms with Crippen molar-refractivity contribution in [3.63, 3.8) is 0 Å². The number of nitrogens with zero attached hydrogens (tertiary/aromatic N) is 2. The minimum absolute atomic E-state index is 0.189. The fraction of sp³-hybridized carbons (Fsp3) is 0.435. The van der Waals surface area contributed by atoms with E-state index in [0.29, 0.717) is 28.1 Å². The summed E-state index contributed by atoms with van der Waals surface area (Å²) in [6.45, 7) is -0.0310. The first-order valence-corrected chi connectivity index (χ1v) is 11.4. The average molecular weight is 459 g/mol. The first-order chi connectivity index (χ1) is 15.5. The Kier molecular flexibility index (Phi) is 6.36. The van der Waals surface area contributed by atoms with Gasteiger partial charge in [0.25, 0.3) is 5.56 Å². The SMILES string of the molecule is COC(=O)Cn1c(=O)n(CCc2ccc(OC)c(OC)c2)c(=O)c2c3c(sc21)CCCC3. The van der Waals surface area contributed by atoms with Crippen molar-refractivity contribution in [1.82, 2.24) is 9.13 Å². The highest BCUT2D eigenvalue weighted by molar-refractivity contribution is 7.18. The number of rotatable bonds is 7. The molecule has 3 aromatic rings. The summed E-state index contributed by atoms with van der Waals surface area (Å²) in [5.74, 6) is 0.674. The van der Waals surface area contributed by atoms with Gasteiger partial charge < -0.3 is 14.2 Å².